The molecule has 2 aliphatic rings. The predicted octanol–water partition coefficient (Wildman–Crippen LogP) is 4.90. The highest BCUT2D eigenvalue weighted by molar-refractivity contribution is 5.96. The van der Waals surface area contributed by atoms with Gasteiger partial charge in [0.05, 0.1) is 62.8 Å². The number of hydrogen-bond donors (Lipinski definition) is 0. The number of rotatable bonds is 12. The highest BCUT2D eigenvalue weighted by Gasteiger charge is 2.40. The summed E-state index contributed by atoms with van der Waals surface area (Å²) in [5, 5.41) is 0. The van der Waals surface area contributed by atoms with Gasteiger partial charge in [-0.25, -0.2) is 0 Å². The van der Waals surface area contributed by atoms with Gasteiger partial charge < -0.3 is 52.3 Å². The summed E-state index contributed by atoms with van der Waals surface area (Å²) < 4.78 is 57.0. The molecule has 49 heavy (non-hydrogen) atoms. The van der Waals surface area contributed by atoms with E-state index in [9.17, 15) is 9.59 Å². The number of fused-ring (bicyclic) bond motifs is 1. The fourth-order valence-electron chi connectivity index (χ4n) is 6.36. The molecule has 1 unspecified atom stereocenters. The van der Waals surface area contributed by atoms with E-state index in [0.717, 1.165) is 5.56 Å². The molecule has 5 rings (SSSR count). The van der Waals surface area contributed by atoms with Gasteiger partial charge in [-0.05, 0) is 37.1 Å². The summed E-state index contributed by atoms with van der Waals surface area (Å²) in [7, 11) is 12.2. The second-order valence-corrected chi connectivity index (χ2v) is 11.5. The normalized spacial score (nSPS) is 18.3. The van der Waals surface area contributed by atoms with Crippen LogP contribution in [-0.4, -0.2) is 92.8 Å². The summed E-state index contributed by atoms with van der Waals surface area (Å²) >= 11 is 0. The van der Waals surface area contributed by atoms with Gasteiger partial charge in [-0.2, -0.15) is 0 Å². The summed E-state index contributed by atoms with van der Waals surface area (Å²) in [6.07, 6.45) is -0.0775. The lowest BCUT2D eigenvalue weighted by Crippen LogP contribution is -2.44. The van der Waals surface area contributed by atoms with E-state index < -0.39 is 24.1 Å². The zero-order chi connectivity index (χ0) is 35.2. The first-order valence-electron chi connectivity index (χ1n) is 15.7. The monoisotopic (exact) mass is 681 g/mol. The topological polar surface area (TPSA) is 130 Å². The zero-order valence-electron chi connectivity index (χ0n) is 29.1. The Kier molecular flexibility index (Phi) is 11.0. The maximum absolute atomic E-state index is 14.0. The fraction of sp³-hybridized carbons (Fsp3) is 0.444. The summed E-state index contributed by atoms with van der Waals surface area (Å²) in [5.74, 6) is 2.72. The van der Waals surface area contributed by atoms with Gasteiger partial charge in [-0.3, -0.25) is 9.59 Å². The van der Waals surface area contributed by atoms with E-state index >= 15 is 0 Å². The molecule has 0 aliphatic carbocycles. The molecule has 1 saturated heterocycles. The number of piperidine rings is 1. The van der Waals surface area contributed by atoms with Crippen LogP contribution in [0.15, 0.2) is 36.4 Å². The average molecular weight is 682 g/mol. The van der Waals surface area contributed by atoms with Crippen molar-refractivity contribution >= 4 is 11.9 Å². The van der Waals surface area contributed by atoms with Crippen molar-refractivity contribution in [2.75, 3.05) is 70.0 Å². The van der Waals surface area contributed by atoms with Crippen LogP contribution in [-0.2, 0) is 16.0 Å². The molecular formula is C36H43NO12. The van der Waals surface area contributed by atoms with Crippen molar-refractivity contribution in [3.63, 3.8) is 0 Å². The maximum Gasteiger partial charge on any atom is 0.311 e. The van der Waals surface area contributed by atoms with Crippen LogP contribution in [0.25, 0.3) is 0 Å². The quantitative estimate of drug-likeness (QED) is 0.241. The van der Waals surface area contributed by atoms with Crippen molar-refractivity contribution in [2.45, 2.75) is 31.5 Å². The van der Waals surface area contributed by atoms with Crippen molar-refractivity contribution in [1.29, 1.82) is 0 Å². The second-order valence-electron chi connectivity index (χ2n) is 11.5. The van der Waals surface area contributed by atoms with Gasteiger partial charge in [0.1, 0.15) is 23.4 Å². The first-order valence-corrected chi connectivity index (χ1v) is 15.7. The van der Waals surface area contributed by atoms with E-state index in [1.807, 2.05) is 0 Å². The smallest absolute Gasteiger partial charge is 0.311 e. The highest BCUT2D eigenvalue weighted by atomic mass is 16.6. The molecule has 1 fully saturated rings. The van der Waals surface area contributed by atoms with Crippen LogP contribution in [0.3, 0.4) is 0 Å². The Hall–Kier alpha value is -5.20. The van der Waals surface area contributed by atoms with Crippen LogP contribution in [0.4, 0.5) is 0 Å². The largest absolute Gasteiger partial charge is 0.496 e. The number of carbonyl (C=O) groups is 2. The van der Waals surface area contributed by atoms with Crippen LogP contribution in [0, 0.1) is 5.92 Å². The molecule has 264 valence electrons. The van der Waals surface area contributed by atoms with Crippen LogP contribution >= 0.6 is 0 Å². The molecule has 0 bridgehead atoms. The van der Waals surface area contributed by atoms with Gasteiger partial charge in [0.2, 0.25) is 11.5 Å². The van der Waals surface area contributed by atoms with Crippen LogP contribution in [0.5, 0.6) is 51.7 Å². The lowest BCUT2D eigenvalue weighted by Gasteiger charge is -2.37. The van der Waals surface area contributed by atoms with E-state index in [-0.39, 0.29) is 18.9 Å². The first kappa shape index (κ1) is 35.1. The number of benzene rings is 3. The van der Waals surface area contributed by atoms with Crippen molar-refractivity contribution in [3.05, 3.63) is 53.1 Å². The van der Waals surface area contributed by atoms with Gasteiger partial charge in [-0.15, -0.1) is 0 Å². The first-order chi connectivity index (χ1) is 23.7. The summed E-state index contributed by atoms with van der Waals surface area (Å²) in [6.45, 7) is 0.653. The van der Waals surface area contributed by atoms with Crippen LogP contribution < -0.4 is 42.6 Å². The van der Waals surface area contributed by atoms with Gasteiger partial charge in [0.15, 0.2) is 29.1 Å². The SMILES string of the molecule is COc1cc(OC)c2c(c1)O[C@H](c1cc(OC)c(OC)c(OC)c1)[C@H](OC(=O)C1CCCN(C(=O)c3cc(OC)c(OC)c(OC)c3)C1)C2. The third-order valence-electron chi connectivity index (χ3n) is 8.83. The minimum atomic E-state index is -0.772. The molecule has 0 spiro atoms. The highest BCUT2D eigenvalue weighted by Crippen LogP contribution is 2.47. The number of ether oxygens (including phenoxy) is 10. The van der Waals surface area contributed by atoms with Crippen molar-refractivity contribution < 1.29 is 57.0 Å². The molecule has 0 radical (unpaired) electrons. The lowest BCUT2D eigenvalue weighted by molar-refractivity contribution is -0.161. The number of esters is 1. The van der Waals surface area contributed by atoms with Crippen LogP contribution in [0.2, 0.25) is 0 Å². The second kappa shape index (κ2) is 15.3. The molecule has 3 aromatic carbocycles. The zero-order valence-corrected chi connectivity index (χ0v) is 29.1. The van der Waals surface area contributed by atoms with E-state index in [0.29, 0.717) is 82.3 Å². The Morgan fingerprint density at radius 1 is 0.694 bits per heavy atom. The molecule has 3 atom stereocenters. The standard InChI is InChI=1S/C36H43NO12/c1-40-23-16-25(41-2)24-18-31(32(48-26(24)17-23)21-12-27(42-3)33(46-7)28(13-21)43-4)49-36(39)20-10-9-11-37(19-20)35(38)22-14-29(44-5)34(47-8)30(15-22)45-6/h12-17,20,31-32H,9-11,18-19H2,1-8H3/t20?,31-,32-/m1/s1. The number of methoxy groups -OCH3 is 8. The van der Waals surface area contributed by atoms with Gasteiger partial charge >= 0.3 is 5.97 Å². The molecule has 1 amide bonds. The van der Waals surface area contributed by atoms with E-state index in [1.54, 1.807) is 55.5 Å². The summed E-state index contributed by atoms with van der Waals surface area (Å²) in [4.78, 5) is 29.3. The molecule has 0 N–H and O–H groups in total. The molecule has 2 aliphatic heterocycles. The van der Waals surface area contributed by atoms with Crippen molar-refractivity contribution in [1.82, 2.24) is 4.90 Å². The minimum Gasteiger partial charge on any atom is -0.496 e. The Balaban J connectivity index is 1.44. The Morgan fingerprint density at radius 2 is 1.27 bits per heavy atom. The van der Waals surface area contributed by atoms with Crippen molar-refractivity contribution in [2.24, 2.45) is 5.92 Å². The molecular weight excluding hydrogens is 638 g/mol. The van der Waals surface area contributed by atoms with E-state index in [2.05, 4.69) is 0 Å². The molecule has 13 nitrogen and oxygen atoms in total. The molecule has 2 heterocycles. The third-order valence-corrected chi connectivity index (χ3v) is 8.83. The number of likely N-dealkylation sites (tertiary alicyclic amines) is 1. The molecule has 0 saturated carbocycles. The predicted molar refractivity (Wildman–Crippen MR) is 177 cm³/mol. The number of hydrogen-bond acceptors (Lipinski definition) is 12. The minimum absolute atomic E-state index is 0.174. The molecule has 3 aromatic rings. The fourth-order valence-corrected chi connectivity index (χ4v) is 6.36. The van der Waals surface area contributed by atoms with Crippen molar-refractivity contribution in [3.8, 4) is 51.7 Å². The summed E-state index contributed by atoms with van der Waals surface area (Å²) in [5.41, 5.74) is 1.72. The Bertz CT molecular complexity index is 1620. The third kappa shape index (κ3) is 7.01. The maximum atomic E-state index is 14.0. The van der Waals surface area contributed by atoms with E-state index in [1.165, 1.54) is 42.7 Å². The molecule has 0 aromatic heterocycles. The number of amides is 1. The van der Waals surface area contributed by atoms with Gasteiger partial charge in [-0.1, -0.05) is 0 Å². The Morgan fingerprint density at radius 3 is 1.80 bits per heavy atom. The van der Waals surface area contributed by atoms with Gasteiger partial charge in [0.25, 0.3) is 5.91 Å². The molecule has 13 heteroatoms. The Labute approximate surface area is 285 Å². The lowest BCUT2D eigenvalue weighted by atomic mass is 9.92. The van der Waals surface area contributed by atoms with Gasteiger partial charge in [0, 0.05) is 48.3 Å². The number of nitrogens with zero attached hydrogens (tertiary/aromatic N) is 1. The van der Waals surface area contributed by atoms with E-state index in [4.69, 9.17) is 47.4 Å². The number of carbonyl (C=O) groups excluding carboxylic acids is 2. The average Bonchev–Trinajstić information content (AvgIpc) is 3.15. The van der Waals surface area contributed by atoms with Crippen LogP contribution in [0.1, 0.15) is 40.4 Å². The summed E-state index contributed by atoms with van der Waals surface area (Å²) in [6, 6.07) is 10.3.